The Bertz CT molecular complexity index is 806. The number of hydrogen-bond acceptors (Lipinski definition) is 7. The highest BCUT2D eigenvalue weighted by atomic mass is 16.6. The van der Waals surface area contributed by atoms with E-state index in [0.717, 1.165) is 6.42 Å². The van der Waals surface area contributed by atoms with E-state index in [1.807, 2.05) is 0 Å². The zero-order valence-electron chi connectivity index (χ0n) is 18.6. The molecule has 9 nitrogen and oxygen atoms in total. The van der Waals surface area contributed by atoms with Gasteiger partial charge in [-0.2, -0.15) is 0 Å². The van der Waals surface area contributed by atoms with Gasteiger partial charge in [0.15, 0.2) is 11.5 Å². The predicted octanol–water partition coefficient (Wildman–Crippen LogP) is 2.20. The molecule has 0 bridgehead atoms. The van der Waals surface area contributed by atoms with Crippen LogP contribution < -0.4 is 19.5 Å². The number of aliphatic hydroxyl groups is 1. The van der Waals surface area contributed by atoms with Crippen molar-refractivity contribution >= 4 is 12.0 Å². The molecule has 31 heavy (non-hydrogen) atoms. The third kappa shape index (κ3) is 5.94. The molecule has 1 unspecified atom stereocenters. The Kier molecular flexibility index (Phi) is 7.15. The minimum atomic E-state index is -0.761. The average Bonchev–Trinajstić information content (AvgIpc) is 2.96. The number of aliphatic hydroxyl groups excluding tert-OH is 1. The van der Waals surface area contributed by atoms with Gasteiger partial charge in [-0.15, -0.1) is 0 Å². The van der Waals surface area contributed by atoms with Crippen molar-refractivity contribution in [1.29, 1.82) is 0 Å². The molecule has 2 aliphatic heterocycles. The van der Waals surface area contributed by atoms with Crippen LogP contribution >= 0.6 is 0 Å². The van der Waals surface area contributed by atoms with E-state index in [-0.39, 0.29) is 24.9 Å². The third-order valence-corrected chi connectivity index (χ3v) is 5.20. The van der Waals surface area contributed by atoms with Crippen LogP contribution in [0.25, 0.3) is 0 Å². The van der Waals surface area contributed by atoms with Crippen LogP contribution in [-0.2, 0) is 4.74 Å². The molecule has 1 fully saturated rings. The van der Waals surface area contributed by atoms with Crippen molar-refractivity contribution in [2.75, 3.05) is 40.0 Å². The van der Waals surface area contributed by atoms with Crippen molar-refractivity contribution < 1.29 is 33.6 Å². The van der Waals surface area contributed by atoms with E-state index >= 15 is 0 Å². The van der Waals surface area contributed by atoms with Crippen LogP contribution in [0.1, 0.15) is 44.0 Å². The fraction of sp³-hybridized carbons (Fsp3) is 0.636. The van der Waals surface area contributed by atoms with Crippen LogP contribution in [0.2, 0.25) is 0 Å². The second kappa shape index (κ2) is 9.64. The first-order chi connectivity index (χ1) is 14.7. The van der Waals surface area contributed by atoms with E-state index in [1.54, 1.807) is 32.9 Å². The van der Waals surface area contributed by atoms with E-state index in [1.165, 1.54) is 12.0 Å². The molecule has 2 amide bonds. The summed E-state index contributed by atoms with van der Waals surface area (Å²) in [6.07, 6.45) is 0.0746. The van der Waals surface area contributed by atoms with Gasteiger partial charge in [-0.1, -0.05) is 0 Å². The smallest absolute Gasteiger partial charge is 0.410 e. The summed E-state index contributed by atoms with van der Waals surface area (Å²) in [5.41, 5.74) is -0.259. The summed E-state index contributed by atoms with van der Waals surface area (Å²) in [5, 5.41) is 13.4. The first-order valence-corrected chi connectivity index (χ1v) is 10.6. The summed E-state index contributed by atoms with van der Waals surface area (Å²) in [6.45, 7) is 7.27. The molecule has 0 spiro atoms. The lowest BCUT2D eigenvalue weighted by molar-refractivity contribution is -0.0122. The maximum atomic E-state index is 12.9. The number of β-amino-alcohol motifs (C(OH)–C–C–N with tert-alkyl or cyclic N) is 1. The molecular weight excluding hydrogens is 404 g/mol. The number of amides is 2. The molecular formula is C22H32N2O7. The quantitative estimate of drug-likeness (QED) is 0.745. The van der Waals surface area contributed by atoms with Crippen LogP contribution in [0.5, 0.6) is 17.2 Å². The normalized spacial score (nSPS) is 21.1. The number of carbonyl (C=O) groups excluding carboxylic acids is 2. The zero-order chi connectivity index (χ0) is 22.6. The molecule has 9 heteroatoms. The van der Waals surface area contributed by atoms with Crippen molar-refractivity contribution in [3.8, 4) is 17.2 Å². The Labute approximate surface area is 182 Å². The molecule has 0 aromatic heterocycles. The number of piperidine rings is 1. The van der Waals surface area contributed by atoms with Gasteiger partial charge in [0.05, 0.1) is 38.5 Å². The van der Waals surface area contributed by atoms with Gasteiger partial charge < -0.3 is 34.3 Å². The summed E-state index contributed by atoms with van der Waals surface area (Å²) in [6, 6.07) is 3.32. The van der Waals surface area contributed by atoms with Crippen LogP contribution in [0.4, 0.5) is 4.79 Å². The fourth-order valence-electron chi connectivity index (χ4n) is 3.56. The number of fused-ring (bicyclic) bond motifs is 1. The van der Waals surface area contributed by atoms with Crippen molar-refractivity contribution in [2.45, 2.75) is 45.3 Å². The molecule has 0 aliphatic carbocycles. The van der Waals surface area contributed by atoms with Crippen LogP contribution in [0.15, 0.2) is 12.1 Å². The number of carbonyl (C=O) groups is 2. The van der Waals surface area contributed by atoms with Crippen molar-refractivity contribution in [2.24, 2.45) is 5.92 Å². The lowest BCUT2D eigenvalue weighted by Gasteiger charge is -2.36. The van der Waals surface area contributed by atoms with Gasteiger partial charge >= 0.3 is 6.09 Å². The number of nitrogens with one attached hydrogen (secondary N) is 1. The van der Waals surface area contributed by atoms with E-state index in [9.17, 15) is 14.7 Å². The molecule has 1 aromatic carbocycles. The van der Waals surface area contributed by atoms with Gasteiger partial charge in [-0.25, -0.2) is 4.79 Å². The van der Waals surface area contributed by atoms with E-state index in [4.69, 9.17) is 18.9 Å². The summed E-state index contributed by atoms with van der Waals surface area (Å²) in [5.74, 6) is 0.871. The Morgan fingerprint density at radius 2 is 2.00 bits per heavy atom. The molecule has 0 saturated carbocycles. The number of rotatable bonds is 4. The number of nitrogens with zero attached hydrogens (tertiary/aromatic N) is 1. The lowest BCUT2D eigenvalue weighted by atomic mass is 9.94. The van der Waals surface area contributed by atoms with Crippen molar-refractivity contribution in [1.82, 2.24) is 10.2 Å². The minimum absolute atomic E-state index is 0.168. The molecule has 0 radical (unpaired) electrons. The molecule has 2 N–H and O–H groups in total. The van der Waals surface area contributed by atoms with Crippen molar-refractivity contribution in [3.63, 3.8) is 0 Å². The maximum absolute atomic E-state index is 12.9. The zero-order valence-corrected chi connectivity index (χ0v) is 18.6. The van der Waals surface area contributed by atoms with Gasteiger partial charge in [0, 0.05) is 31.5 Å². The predicted molar refractivity (Wildman–Crippen MR) is 113 cm³/mol. The molecule has 2 heterocycles. The summed E-state index contributed by atoms with van der Waals surface area (Å²) >= 11 is 0. The van der Waals surface area contributed by atoms with E-state index in [2.05, 4.69) is 5.32 Å². The Balaban J connectivity index is 1.61. The van der Waals surface area contributed by atoms with Crippen LogP contribution in [-0.4, -0.2) is 73.7 Å². The number of benzene rings is 1. The molecule has 2 aliphatic rings. The highest BCUT2D eigenvalue weighted by molar-refractivity contribution is 5.98. The summed E-state index contributed by atoms with van der Waals surface area (Å²) < 4.78 is 22.1. The molecule has 172 valence electrons. The first-order valence-electron chi connectivity index (χ1n) is 10.6. The van der Waals surface area contributed by atoms with Crippen LogP contribution in [0.3, 0.4) is 0 Å². The Morgan fingerprint density at radius 1 is 1.26 bits per heavy atom. The number of methoxy groups -OCH3 is 1. The number of hydrogen-bond donors (Lipinski definition) is 2. The Morgan fingerprint density at radius 3 is 2.68 bits per heavy atom. The molecule has 3 rings (SSSR count). The summed E-state index contributed by atoms with van der Waals surface area (Å²) in [4.78, 5) is 26.6. The van der Waals surface area contributed by atoms with Gasteiger partial charge in [0.1, 0.15) is 11.4 Å². The number of likely N-dealkylation sites (tertiary alicyclic amines) is 1. The number of ether oxygens (including phenoxy) is 4. The van der Waals surface area contributed by atoms with Gasteiger partial charge in [-0.3, -0.25) is 4.79 Å². The highest BCUT2D eigenvalue weighted by Crippen LogP contribution is 2.37. The van der Waals surface area contributed by atoms with E-state index < -0.39 is 17.8 Å². The highest BCUT2D eigenvalue weighted by Gasteiger charge is 2.33. The second-order valence-corrected chi connectivity index (χ2v) is 8.81. The largest absolute Gasteiger partial charge is 0.497 e. The lowest BCUT2D eigenvalue weighted by Crippen LogP contribution is -2.50. The average molecular weight is 437 g/mol. The van der Waals surface area contributed by atoms with Gasteiger partial charge in [0.2, 0.25) is 0 Å². The Hall–Kier alpha value is -2.68. The van der Waals surface area contributed by atoms with E-state index in [0.29, 0.717) is 49.0 Å². The SMILES string of the molecule is COc1cc2c(c(C(=O)NC[C@@H]3CCN(C(=O)OC(C)(C)C)CC3O)c1)OCCCO2. The van der Waals surface area contributed by atoms with Crippen LogP contribution in [0, 0.1) is 5.92 Å². The van der Waals surface area contributed by atoms with Gasteiger partial charge in [0.25, 0.3) is 5.91 Å². The van der Waals surface area contributed by atoms with Gasteiger partial charge in [-0.05, 0) is 33.3 Å². The monoisotopic (exact) mass is 436 g/mol. The molecule has 1 saturated heterocycles. The minimum Gasteiger partial charge on any atom is -0.497 e. The first kappa shape index (κ1) is 23.0. The van der Waals surface area contributed by atoms with Crippen molar-refractivity contribution in [3.05, 3.63) is 17.7 Å². The topological polar surface area (TPSA) is 107 Å². The second-order valence-electron chi connectivity index (χ2n) is 8.81. The molecule has 1 aromatic rings. The maximum Gasteiger partial charge on any atom is 0.410 e. The standard InChI is InChI=1S/C22H32N2O7/c1-22(2,3)31-21(27)24-7-6-14(17(25)13-24)12-23-20(26)16-10-15(28-4)11-18-19(16)30-9-5-8-29-18/h10-11,14,17,25H,5-9,12-13H2,1-4H3,(H,23,26)/t14-,17?/m0/s1. The summed E-state index contributed by atoms with van der Waals surface area (Å²) in [7, 11) is 1.52. The third-order valence-electron chi connectivity index (χ3n) is 5.20. The fourth-order valence-corrected chi connectivity index (χ4v) is 3.56. The molecule has 2 atom stereocenters.